The molecular weight excluding hydrogens is 253 g/mol. The van der Waals surface area contributed by atoms with Crippen molar-refractivity contribution in [1.82, 2.24) is 14.8 Å². The van der Waals surface area contributed by atoms with E-state index in [1.807, 2.05) is 13.0 Å². The molecule has 0 aliphatic rings. The summed E-state index contributed by atoms with van der Waals surface area (Å²) in [5.74, 6) is -2.13. The molecule has 0 saturated heterocycles. The number of carboxylic acids is 1. The van der Waals surface area contributed by atoms with Gasteiger partial charge in [-0.1, -0.05) is 0 Å². The molecule has 7 heteroatoms. The predicted molar refractivity (Wildman–Crippen MR) is 63.4 cm³/mol. The molecule has 6 nitrogen and oxygen atoms in total. The van der Waals surface area contributed by atoms with Gasteiger partial charge in [-0.15, -0.1) is 0 Å². The lowest BCUT2D eigenvalue weighted by Crippen LogP contribution is -2.08. The zero-order valence-corrected chi connectivity index (χ0v) is 10.4. The fraction of sp³-hybridized carbons (Fsp3) is 0.250. The molecule has 2 rings (SSSR count). The van der Waals surface area contributed by atoms with E-state index in [-0.39, 0.29) is 18.1 Å². The summed E-state index contributed by atoms with van der Waals surface area (Å²) < 4.78 is 19.9. The third kappa shape index (κ3) is 2.87. The lowest BCUT2D eigenvalue weighted by molar-refractivity contribution is 0.0689. The first kappa shape index (κ1) is 13.0. The minimum absolute atomic E-state index is 0.107. The molecule has 2 aromatic heterocycles. The first-order valence-electron chi connectivity index (χ1n) is 5.48. The van der Waals surface area contributed by atoms with Gasteiger partial charge in [-0.05, 0) is 19.1 Å². The molecule has 0 unspecified atom stereocenters. The second-order valence-electron chi connectivity index (χ2n) is 4.00. The average Bonchev–Trinajstić information content (AvgIpc) is 2.66. The molecule has 0 bridgehead atoms. The van der Waals surface area contributed by atoms with Crippen molar-refractivity contribution in [3.63, 3.8) is 0 Å². The van der Waals surface area contributed by atoms with Gasteiger partial charge in [-0.2, -0.15) is 5.10 Å². The Balaban J connectivity index is 2.20. The summed E-state index contributed by atoms with van der Waals surface area (Å²) in [5, 5.41) is 13.1. The van der Waals surface area contributed by atoms with Gasteiger partial charge in [0.05, 0.1) is 17.6 Å². The van der Waals surface area contributed by atoms with Gasteiger partial charge >= 0.3 is 5.97 Å². The molecule has 1 N–H and O–H groups in total. The first-order chi connectivity index (χ1) is 8.97. The van der Waals surface area contributed by atoms with E-state index < -0.39 is 11.8 Å². The Labute approximate surface area is 108 Å². The molecule has 0 fully saturated rings. The highest BCUT2D eigenvalue weighted by Gasteiger charge is 2.15. The zero-order valence-electron chi connectivity index (χ0n) is 10.4. The Bertz CT molecular complexity index is 625. The molecule has 2 aromatic rings. The number of aromatic nitrogens is 3. The van der Waals surface area contributed by atoms with Gasteiger partial charge in [-0.3, -0.25) is 4.68 Å². The molecule has 0 aromatic carbocycles. The molecular formula is C12H12FN3O3. The van der Waals surface area contributed by atoms with Gasteiger partial charge in [0.25, 0.3) is 0 Å². The second-order valence-corrected chi connectivity index (χ2v) is 4.00. The maximum Gasteiger partial charge on any atom is 0.341 e. The summed E-state index contributed by atoms with van der Waals surface area (Å²) in [5.41, 5.74) is 1.28. The number of carboxylic acid groups (broad SMARTS) is 1. The van der Waals surface area contributed by atoms with Crippen LogP contribution in [0.2, 0.25) is 0 Å². The van der Waals surface area contributed by atoms with Gasteiger partial charge in [0.1, 0.15) is 18.0 Å². The smallest absolute Gasteiger partial charge is 0.341 e. The maximum absolute atomic E-state index is 12.9. The molecule has 0 spiro atoms. The van der Waals surface area contributed by atoms with E-state index in [2.05, 4.69) is 10.1 Å². The first-order valence-corrected chi connectivity index (χ1v) is 5.48. The van der Waals surface area contributed by atoms with Crippen LogP contribution in [0.4, 0.5) is 4.39 Å². The monoisotopic (exact) mass is 265 g/mol. The number of pyridine rings is 1. The van der Waals surface area contributed by atoms with Crippen molar-refractivity contribution in [2.75, 3.05) is 0 Å². The second kappa shape index (κ2) is 5.05. The van der Waals surface area contributed by atoms with E-state index >= 15 is 0 Å². The number of aromatic carboxylic acids is 1. The fourth-order valence-electron chi connectivity index (χ4n) is 1.64. The van der Waals surface area contributed by atoms with Crippen molar-refractivity contribution in [1.29, 1.82) is 0 Å². The number of carbonyl (C=O) groups is 1. The van der Waals surface area contributed by atoms with E-state index in [9.17, 15) is 9.18 Å². The Morgan fingerprint density at radius 2 is 2.26 bits per heavy atom. The van der Waals surface area contributed by atoms with Gasteiger partial charge in [0.15, 0.2) is 0 Å². The minimum Gasteiger partial charge on any atom is -0.477 e. The third-order valence-corrected chi connectivity index (χ3v) is 2.50. The summed E-state index contributed by atoms with van der Waals surface area (Å²) in [6.45, 7) is 1.94. The Morgan fingerprint density at radius 3 is 2.84 bits per heavy atom. The number of rotatable bonds is 4. The van der Waals surface area contributed by atoms with E-state index in [0.717, 1.165) is 23.7 Å². The third-order valence-electron chi connectivity index (χ3n) is 2.50. The number of aryl methyl sites for hydroxylation is 2. The SMILES string of the molecule is Cc1cc(COc2ncc(F)cc2C(=O)O)n(C)n1. The van der Waals surface area contributed by atoms with Gasteiger partial charge in [0, 0.05) is 7.05 Å². The fourth-order valence-corrected chi connectivity index (χ4v) is 1.64. The number of nitrogens with zero attached hydrogens (tertiary/aromatic N) is 3. The summed E-state index contributed by atoms with van der Waals surface area (Å²) in [4.78, 5) is 14.6. The van der Waals surface area contributed by atoms with E-state index in [1.54, 1.807) is 11.7 Å². The van der Waals surface area contributed by atoms with Crippen molar-refractivity contribution in [2.45, 2.75) is 13.5 Å². The number of ether oxygens (including phenoxy) is 1. The molecule has 0 radical (unpaired) electrons. The standard InChI is InChI=1S/C12H12FN3O3/c1-7-3-9(16(2)15-7)6-19-11-10(12(17)18)4-8(13)5-14-11/h3-5H,6H2,1-2H3,(H,17,18). The Morgan fingerprint density at radius 1 is 1.53 bits per heavy atom. The molecule has 0 aliphatic heterocycles. The van der Waals surface area contributed by atoms with Crippen LogP contribution in [0, 0.1) is 12.7 Å². The van der Waals surface area contributed by atoms with Crippen LogP contribution in [0.1, 0.15) is 21.7 Å². The molecule has 19 heavy (non-hydrogen) atoms. The van der Waals surface area contributed by atoms with Crippen LogP contribution in [0.5, 0.6) is 5.88 Å². The van der Waals surface area contributed by atoms with E-state index in [1.165, 1.54) is 0 Å². The van der Waals surface area contributed by atoms with Crippen LogP contribution in [0.15, 0.2) is 18.3 Å². The zero-order chi connectivity index (χ0) is 14.0. The van der Waals surface area contributed by atoms with Crippen LogP contribution in [-0.4, -0.2) is 25.8 Å². The number of halogens is 1. The molecule has 0 saturated carbocycles. The summed E-state index contributed by atoms with van der Waals surface area (Å²) in [7, 11) is 1.75. The normalized spacial score (nSPS) is 10.5. The van der Waals surface area contributed by atoms with E-state index in [0.29, 0.717) is 0 Å². The average molecular weight is 265 g/mol. The Kier molecular flexibility index (Phi) is 3.46. The summed E-state index contributed by atoms with van der Waals surface area (Å²) >= 11 is 0. The van der Waals surface area contributed by atoms with Crippen LogP contribution in [0.3, 0.4) is 0 Å². The number of hydrogen-bond donors (Lipinski definition) is 1. The van der Waals surface area contributed by atoms with Crippen molar-refractivity contribution in [3.8, 4) is 5.88 Å². The molecule has 0 atom stereocenters. The molecule has 100 valence electrons. The van der Waals surface area contributed by atoms with Gasteiger partial charge < -0.3 is 9.84 Å². The molecule has 2 heterocycles. The molecule has 0 amide bonds. The summed E-state index contributed by atoms with van der Waals surface area (Å²) in [6.07, 6.45) is 0.913. The van der Waals surface area contributed by atoms with Gasteiger partial charge in [-0.25, -0.2) is 14.2 Å². The molecule has 0 aliphatic carbocycles. The lowest BCUT2D eigenvalue weighted by atomic mass is 10.2. The number of hydrogen-bond acceptors (Lipinski definition) is 4. The van der Waals surface area contributed by atoms with Crippen LogP contribution in [-0.2, 0) is 13.7 Å². The summed E-state index contributed by atoms with van der Waals surface area (Å²) in [6, 6.07) is 2.68. The Hall–Kier alpha value is -2.44. The van der Waals surface area contributed by atoms with E-state index in [4.69, 9.17) is 9.84 Å². The minimum atomic E-state index is -1.29. The highest BCUT2D eigenvalue weighted by Crippen LogP contribution is 2.17. The highest BCUT2D eigenvalue weighted by molar-refractivity contribution is 5.90. The maximum atomic E-state index is 12.9. The highest BCUT2D eigenvalue weighted by atomic mass is 19.1. The topological polar surface area (TPSA) is 77.2 Å². The predicted octanol–water partition coefficient (Wildman–Crippen LogP) is 1.54. The van der Waals surface area contributed by atoms with Crippen LogP contribution < -0.4 is 4.74 Å². The van der Waals surface area contributed by atoms with Crippen molar-refractivity contribution in [3.05, 3.63) is 41.1 Å². The van der Waals surface area contributed by atoms with Crippen molar-refractivity contribution >= 4 is 5.97 Å². The largest absolute Gasteiger partial charge is 0.477 e. The van der Waals surface area contributed by atoms with Crippen molar-refractivity contribution in [2.24, 2.45) is 7.05 Å². The van der Waals surface area contributed by atoms with Gasteiger partial charge in [0.2, 0.25) is 5.88 Å². The van der Waals surface area contributed by atoms with Crippen LogP contribution >= 0.6 is 0 Å². The quantitative estimate of drug-likeness (QED) is 0.907. The lowest BCUT2D eigenvalue weighted by Gasteiger charge is -2.07. The van der Waals surface area contributed by atoms with Crippen LogP contribution in [0.25, 0.3) is 0 Å². The van der Waals surface area contributed by atoms with Crippen molar-refractivity contribution < 1.29 is 19.0 Å².